The van der Waals surface area contributed by atoms with Crippen LogP contribution in [0.25, 0.3) is 0 Å². The molecule has 0 aliphatic carbocycles. The molecular formula is C14H16F4O3. The zero-order valence-electron chi connectivity index (χ0n) is 11.7. The van der Waals surface area contributed by atoms with Gasteiger partial charge in [0.2, 0.25) is 0 Å². The van der Waals surface area contributed by atoms with E-state index in [2.05, 4.69) is 4.74 Å². The van der Waals surface area contributed by atoms with Crippen LogP contribution in [0.1, 0.15) is 11.1 Å². The van der Waals surface area contributed by atoms with Gasteiger partial charge in [-0.25, -0.2) is 8.78 Å². The lowest BCUT2D eigenvalue weighted by Gasteiger charge is -2.15. The summed E-state index contributed by atoms with van der Waals surface area (Å²) in [6.45, 7) is -0.312. The van der Waals surface area contributed by atoms with Gasteiger partial charge in [-0.1, -0.05) is 17.7 Å². The van der Waals surface area contributed by atoms with E-state index >= 15 is 0 Å². The highest BCUT2D eigenvalue weighted by molar-refractivity contribution is 5.82. The lowest BCUT2D eigenvalue weighted by Crippen LogP contribution is -2.33. The number of carbonyl (C=O) groups excluding carboxylic acids is 1. The van der Waals surface area contributed by atoms with Gasteiger partial charge < -0.3 is 9.47 Å². The van der Waals surface area contributed by atoms with E-state index in [1.165, 1.54) is 7.11 Å². The van der Waals surface area contributed by atoms with Crippen LogP contribution in [0.4, 0.5) is 17.6 Å². The van der Waals surface area contributed by atoms with Gasteiger partial charge in [0.05, 0.1) is 7.11 Å². The number of benzene rings is 1. The van der Waals surface area contributed by atoms with Crippen molar-refractivity contribution in [3.8, 4) is 5.75 Å². The van der Waals surface area contributed by atoms with Crippen LogP contribution in [-0.4, -0.2) is 38.5 Å². The number of hydrogen-bond acceptors (Lipinski definition) is 3. The van der Waals surface area contributed by atoms with Crippen LogP contribution < -0.4 is 4.74 Å². The molecule has 1 rings (SSSR count). The fourth-order valence-corrected chi connectivity index (χ4v) is 1.67. The minimum atomic E-state index is -4.25. The molecule has 3 nitrogen and oxygen atoms in total. The molecular weight excluding hydrogens is 292 g/mol. The van der Waals surface area contributed by atoms with Gasteiger partial charge in [-0.05, 0) is 13.0 Å². The number of aryl methyl sites for hydroxylation is 1. The molecule has 0 atom stereocenters. The molecule has 118 valence electrons. The molecule has 0 amide bonds. The van der Waals surface area contributed by atoms with Gasteiger partial charge in [-0.2, -0.15) is 8.78 Å². The monoisotopic (exact) mass is 308 g/mol. The molecule has 0 unspecified atom stereocenters. The predicted octanol–water partition coefficient (Wildman–Crippen LogP) is 3.03. The fourth-order valence-electron chi connectivity index (χ4n) is 1.67. The summed E-state index contributed by atoms with van der Waals surface area (Å²) in [5.41, 5.74) is 1.50. The van der Waals surface area contributed by atoms with Gasteiger partial charge in [0.1, 0.15) is 19.0 Å². The van der Waals surface area contributed by atoms with Crippen molar-refractivity contribution in [1.82, 2.24) is 0 Å². The first-order valence-electron chi connectivity index (χ1n) is 6.15. The maximum Gasteiger partial charge on any atom is 0.330 e. The molecule has 0 bridgehead atoms. The summed E-state index contributed by atoms with van der Waals surface area (Å²) in [7, 11) is 1.44. The molecule has 0 aromatic heterocycles. The van der Waals surface area contributed by atoms with Gasteiger partial charge in [0.25, 0.3) is 0 Å². The van der Waals surface area contributed by atoms with Gasteiger partial charge in [-0.15, -0.1) is 0 Å². The standard InChI is InChI=1S/C14H16F4O3/c1-9-3-4-12(20-2)10(5-9)6-11(19)7-21-8-14(17,18)13(15)16/h3-5,13H,6-8H2,1-2H3. The quantitative estimate of drug-likeness (QED) is 0.693. The van der Waals surface area contributed by atoms with Crippen molar-refractivity contribution >= 4 is 5.78 Å². The number of Topliss-reactive ketones (excluding diaryl/α,β-unsaturated/α-hetero) is 1. The first-order chi connectivity index (χ1) is 9.76. The molecule has 0 heterocycles. The second-order valence-corrected chi connectivity index (χ2v) is 4.59. The minimum Gasteiger partial charge on any atom is -0.496 e. The first-order valence-corrected chi connectivity index (χ1v) is 6.15. The van der Waals surface area contributed by atoms with Crippen LogP contribution in [0.2, 0.25) is 0 Å². The average Bonchev–Trinajstić information content (AvgIpc) is 2.38. The van der Waals surface area contributed by atoms with E-state index in [9.17, 15) is 22.4 Å². The van der Waals surface area contributed by atoms with E-state index in [0.717, 1.165) is 5.56 Å². The minimum absolute atomic E-state index is 0.0783. The Balaban J connectivity index is 2.53. The number of rotatable bonds is 8. The van der Waals surface area contributed by atoms with Gasteiger partial charge in [-0.3, -0.25) is 4.79 Å². The third kappa shape index (κ3) is 5.34. The van der Waals surface area contributed by atoms with Crippen molar-refractivity contribution < 1.29 is 31.8 Å². The lowest BCUT2D eigenvalue weighted by molar-refractivity contribution is -0.168. The van der Waals surface area contributed by atoms with Crippen LogP contribution in [-0.2, 0) is 16.0 Å². The summed E-state index contributed by atoms with van der Waals surface area (Å²) in [5, 5.41) is 0. The Hall–Kier alpha value is -1.63. The zero-order chi connectivity index (χ0) is 16.0. The molecule has 0 radical (unpaired) electrons. The van der Waals surface area contributed by atoms with Crippen molar-refractivity contribution in [3.63, 3.8) is 0 Å². The van der Waals surface area contributed by atoms with E-state index in [-0.39, 0.29) is 6.42 Å². The summed E-state index contributed by atoms with van der Waals surface area (Å²) in [5.74, 6) is -4.25. The molecule has 0 aliphatic heterocycles. The van der Waals surface area contributed by atoms with Crippen LogP contribution in [0.5, 0.6) is 5.75 Å². The molecule has 1 aromatic carbocycles. The average molecular weight is 308 g/mol. The largest absolute Gasteiger partial charge is 0.496 e. The molecule has 7 heteroatoms. The van der Waals surface area contributed by atoms with Crippen LogP contribution in [0, 0.1) is 6.92 Å². The van der Waals surface area contributed by atoms with Crippen molar-refractivity contribution in [2.24, 2.45) is 0 Å². The van der Waals surface area contributed by atoms with E-state index in [1.807, 2.05) is 6.92 Å². The SMILES string of the molecule is COc1ccc(C)cc1CC(=O)COCC(F)(F)C(F)F. The number of alkyl halides is 4. The van der Waals surface area contributed by atoms with E-state index in [4.69, 9.17) is 4.74 Å². The molecule has 0 fully saturated rings. The van der Waals surface area contributed by atoms with Crippen molar-refractivity contribution in [1.29, 1.82) is 0 Å². The number of carbonyl (C=O) groups is 1. The summed E-state index contributed by atoms with van der Waals surface area (Å²) < 4.78 is 58.4. The summed E-state index contributed by atoms with van der Waals surface area (Å²) in [6, 6.07) is 5.21. The number of ketones is 1. The second-order valence-electron chi connectivity index (χ2n) is 4.59. The number of hydrogen-bond donors (Lipinski definition) is 0. The summed E-state index contributed by atoms with van der Waals surface area (Å²) in [4.78, 5) is 11.6. The Morgan fingerprint density at radius 3 is 2.57 bits per heavy atom. The van der Waals surface area contributed by atoms with Gasteiger partial charge >= 0.3 is 12.3 Å². The first kappa shape index (κ1) is 17.4. The van der Waals surface area contributed by atoms with Gasteiger partial charge in [0, 0.05) is 12.0 Å². The van der Waals surface area contributed by atoms with Crippen LogP contribution >= 0.6 is 0 Å². The molecule has 0 aliphatic rings. The van der Waals surface area contributed by atoms with E-state index in [1.54, 1.807) is 18.2 Å². The smallest absolute Gasteiger partial charge is 0.330 e. The van der Waals surface area contributed by atoms with Gasteiger partial charge in [0.15, 0.2) is 5.78 Å². The van der Waals surface area contributed by atoms with E-state index in [0.29, 0.717) is 11.3 Å². The highest BCUT2D eigenvalue weighted by atomic mass is 19.3. The Kier molecular flexibility index (Phi) is 6.14. The number of halogens is 4. The third-order valence-electron chi connectivity index (χ3n) is 2.70. The number of methoxy groups -OCH3 is 1. The highest BCUT2D eigenvalue weighted by Gasteiger charge is 2.41. The van der Waals surface area contributed by atoms with Crippen molar-refractivity contribution in [2.45, 2.75) is 25.7 Å². The Bertz CT molecular complexity index is 489. The molecule has 1 aromatic rings. The van der Waals surface area contributed by atoms with E-state index < -0.39 is 31.3 Å². The summed E-state index contributed by atoms with van der Waals surface area (Å²) >= 11 is 0. The Morgan fingerprint density at radius 1 is 1.33 bits per heavy atom. The second kappa shape index (κ2) is 7.40. The maximum absolute atomic E-state index is 12.6. The van der Waals surface area contributed by atoms with Crippen LogP contribution in [0.3, 0.4) is 0 Å². The third-order valence-corrected chi connectivity index (χ3v) is 2.70. The zero-order valence-corrected chi connectivity index (χ0v) is 11.7. The molecule has 0 saturated carbocycles. The molecule has 0 spiro atoms. The number of ether oxygens (including phenoxy) is 2. The highest BCUT2D eigenvalue weighted by Crippen LogP contribution is 2.23. The Labute approximate surface area is 119 Å². The van der Waals surface area contributed by atoms with Crippen molar-refractivity contribution in [2.75, 3.05) is 20.3 Å². The van der Waals surface area contributed by atoms with Crippen molar-refractivity contribution in [3.05, 3.63) is 29.3 Å². The fraction of sp³-hybridized carbons (Fsp3) is 0.500. The predicted molar refractivity (Wildman–Crippen MR) is 68.2 cm³/mol. The topological polar surface area (TPSA) is 35.5 Å². The molecule has 0 saturated heterocycles. The maximum atomic E-state index is 12.6. The molecule has 0 N–H and O–H groups in total. The molecule has 21 heavy (non-hydrogen) atoms. The van der Waals surface area contributed by atoms with Crippen LogP contribution in [0.15, 0.2) is 18.2 Å². The lowest BCUT2D eigenvalue weighted by atomic mass is 10.1. The normalized spacial score (nSPS) is 11.8. The summed E-state index contributed by atoms with van der Waals surface area (Å²) in [6.07, 6.45) is -3.89. The Morgan fingerprint density at radius 2 is 2.00 bits per heavy atom.